The molecule has 0 radical (unpaired) electrons. The summed E-state index contributed by atoms with van der Waals surface area (Å²) in [6.45, 7) is 2.91. The van der Waals surface area contributed by atoms with Crippen molar-refractivity contribution in [3.8, 4) is 11.5 Å². The number of amides is 1. The molecule has 0 aliphatic heterocycles. The van der Waals surface area contributed by atoms with Crippen LogP contribution < -0.4 is 14.8 Å². The summed E-state index contributed by atoms with van der Waals surface area (Å²) >= 11 is 3.40. The lowest BCUT2D eigenvalue weighted by atomic mass is 9.89. The first-order valence-electron chi connectivity index (χ1n) is 12.0. The Bertz CT molecular complexity index is 1210. The fraction of sp³-hybridized carbons (Fsp3) is 0.500. The number of carbonyl (C=O) groups is 1. The second-order valence-corrected chi connectivity index (χ2v) is 11.3. The number of carbonyl (C=O) groups excluding carboxylic acids is 1. The molecule has 1 saturated carbocycles. The predicted molar refractivity (Wildman–Crippen MR) is 138 cm³/mol. The van der Waals surface area contributed by atoms with Crippen molar-refractivity contribution in [1.82, 2.24) is 15.3 Å². The second kappa shape index (κ2) is 10.1. The Balaban J connectivity index is 1.24. The predicted octanol–water partition coefficient (Wildman–Crippen LogP) is 5.16. The number of aromatic nitrogens is 2. The van der Waals surface area contributed by atoms with Gasteiger partial charge in [0.15, 0.2) is 11.5 Å². The van der Waals surface area contributed by atoms with Crippen LogP contribution >= 0.6 is 23.1 Å². The van der Waals surface area contributed by atoms with E-state index in [2.05, 4.69) is 12.2 Å². The van der Waals surface area contributed by atoms with E-state index in [1.807, 2.05) is 29.5 Å². The second-order valence-electron chi connectivity index (χ2n) is 9.27. The summed E-state index contributed by atoms with van der Waals surface area (Å²) in [7, 11) is 3.26. The lowest BCUT2D eigenvalue weighted by molar-refractivity contribution is -0.118. The van der Waals surface area contributed by atoms with E-state index in [1.165, 1.54) is 35.1 Å². The maximum Gasteiger partial charge on any atom is 0.230 e. The summed E-state index contributed by atoms with van der Waals surface area (Å²) in [6, 6.07) is 5.85. The molecule has 1 atom stereocenters. The molecule has 5 rings (SSSR count). The van der Waals surface area contributed by atoms with E-state index in [4.69, 9.17) is 19.4 Å². The molecule has 0 spiro atoms. The van der Waals surface area contributed by atoms with Gasteiger partial charge in [0.25, 0.3) is 0 Å². The number of thioether (sulfide) groups is 1. The molecular formula is C26H31N3O3S2. The topological polar surface area (TPSA) is 73.3 Å². The van der Waals surface area contributed by atoms with Gasteiger partial charge in [0.05, 0.1) is 20.0 Å². The van der Waals surface area contributed by atoms with Gasteiger partial charge in [-0.2, -0.15) is 0 Å². The van der Waals surface area contributed by atoms with Crippen LogP contribution in [0.25, 0.3) is 10.2 Å². The van der Waals surface area contributed by atoms with Crippen LogP contribution in [0.2, 0.25) is 0 Å². The molecule has 6 nitrogen and oxygen atoms in total. The lowest BCUT2D eigenvalue weighted by Gasteiger charge is -2.18. The van der Waals surface area contributed by atoms with Crippen LogP contribution in [0.5, 0.6) is 11.5 Å². The van der Waals surface area contributed by atoms with Crippen molar-refractivity contribution in [2.75, 3.05) is 26.5 Å². The van der Waals surface area contributed by atoms with Gasteiger partial charge >= 0.3 is 0 Å². The SMILES string of the molecule is COc1ccc(CCNC(=O)CSc2nc(C3CC3)nc3sc4c(c23)CC[C@@H](C)C4)cc1OC. The lowest BCUT2D eigenvalue weighted by Crippen LogP contribution is -2.27. The van der Waals surface area contributed by atoms with E-state index in [-0.39, 0.29) is 5.91 Å². The standard InChI is InChI=1S/C26H31N3O3S2/c1-15-4-8-18-21(12-15)34-26-23(18)25(28-24(29-26)17-6-7-17)33-14-22(30)27-11-10-16-5-9-19(31-2)20(13-16)32-3/h5,9,13,15,17H,4,6-8,10-12,14H2,1-3H3,(H,27,30)/t15-/m1/s1. The van der Waals surface area contributed by atoms with Crippen molar-refractivity contribution in [3.05, 3.63) is 40.0 Å². The minimum absolute atomic E-state index is 0.0305. The summed E-state index contributed by atoms with van der Waals surface area (Å²) in [5, 5.41) is 5.26. The van der Waals surface area contributed by atoms with E-state index < -0.39 is 0 Å². The Hall–Kier alpha value is -2.32. The number of hydrogen-bond acceptors (Lipinski definition) is 7. The van der Waals surface area contributed by atoms with E-state index in [0.717, 1.165) is 46.4 Å². The van der Waals surface area contributed by atoms with Gasteiger partial charge in [-0.15, -0.1) is 11.3 Å². The molecule has 180 valence electrons. The van der Waals surface area contributed by atoms with Crippen molar-refractivity contribution >= 4 is 39.2 Å². The van der Waals surface area contributed by atoms with Crippen molar-refractivity contribution in [2.45, 2.75) is 56.4 Å². The van der Waals surface area contributed by atoms with E-state index >= 15 is 0 Å². The molecule has 2 heterocycles. The third-order valence-electron chi connectivity index (χ3n) is 6.61. The molecule has 1 aromatic carbocycles. The number of nitrogens with one attached hydrogen (secondary N) is 1. The van der Waals surface area contributed by atoms with Crippen LogP contribution in [0, 0.1) is 5.92 Å². The van der Waals surface area contributed by atoms with Crippen molar-refractivity contribution in [2.24, 2.45) is 5.92 Å². The van der Waals surface area contributed by atoms with E-state index in [1.54, 1.807) is 26.0 Å². The zero-order chi connectivity index (χ0) is 23.7. The van der Waals surface area contributed by atoms with Gasteiger partial charge in [-0.25, -0.2) is 9.97 Å². The van der Waals surface area contributed by atoms with Gasteiger partial charge in [0.1, 0.15) is 15.7 Å². The number of fused-ring (bicyclic) bond motifs is 3. The van der Waals surface area contributed by atoms with Gasteiger partial charge in [-0.1, -0.05) is 24.8 Å². The maximum atomic E-state index is 12.6. The van der Waals surface area contributed by atoms with Crippen LogP contribution in [0.4, 0.5) is 0 Å². The molecule has 0 unspecified atom stereocenters. The summed E-state index contributed by atoms with van der Waals surface area (Å²) < 4.78 is 10.7. The summed E-state index contributed by atoms with van der Waals surface area (Å²) in [5.74, 6) is 4.00. The highest BCUT2D eigenvalue weighted by molar-refractivity contribution is 8.00. The minimum atomic E-state index is 0.0305. The smallest absolute Gasteiger partial charge is 0.230 e. The number of aryl methyl sites for hydroxylation is 1. The summed E-state index contributed by atoms with van der Waals surface area (Å²) in [5.41, 5.74) is 2.52. The summed E-state index contributed by atoms with van der Waals surface area (Å²) in [4.78, 5) is 25.1. The third kappa shape index (κ3) is 5.03. The molecular weight excluding hydrogens is 466 g/mol. The Morgan fingerprint density at radius 2 is 2.00 bits per heavy atom. The molecule has 0 bridgehead atoms. The highest BCUT2D eigenvalue weighted by atomic mass is 32.2. The van der Waals surface area contributed by atoms with Crippen molar-refractivity contribution < 1.29 is 14.3 Å². The van der Waals surface area contributed by atoms with Gasteiger partial charge in [-0.05, 0) is 67.7 Å². The van der Waals surface area contributed by atoms with E-state index in [0.29, 0.717) is 29.7 Å². The van der Waals surface area contributed by atoms with Crippen LogP contribution in [0.15, 0.2) is 23.2 Å². The van der Waals surface area contributed by atoms with Gasteiger partial charge in [0, 0.05) is 22.7 Å². The number of methoxy groups -OCH3 is 2. The van der Waals surface area contributed by atoms with Crippen molar-refractivity contribution in [1.29, 1.82) is 0 Å². The zero-order valence-corrected chi connectivity index (χ0v) is 21.6. The molecule has 1 fully saturated rings. The molecule has 1 amide bonds. The quantitative estimate of drug-likeness (QED) is 0.325. The first-order chi connectivity index (χ1) is 16.6. The first-order valence-corrected chi connectivity index (χ1v) is 13.8. The van der Waals surface area contributed by atoms with Crippen LogP contribution in [-0.2, 0) is 24.1 Å². The van der Waals surface area contributed by atoms with Crippen LogP contribution in [-0.4, -0.2) is 42.4 Å². The van der Waals surface area contributed by atoms with Gasteiger partial charge in [0.2, 0.25) is 5.91 Å². The molecule has 2 aliphatic rings. The Morgan fingerprint density at radius 1 is 1.18 bits per heavy atom. The molecule has 8 heteroatoms. The van der Waals surface area contributed by atoms with Crippen LogP contribution in [0.1, 0.15) is 53.9 Å². The molecule has 2 aliphatic carbocycles. The molecule has 34 heavy (non-hydrogen) atoms. The zero-order valence-electron chi connectivity index (χ0n) is 20.0. The molecule has 3 aromatic rings. The molecule has 2 aromatic heterocycles. The maximum absolute atomic E-state index is 12.6. The number of nitrogens with zero attached hydrogens (tertiary/aromatic N) is 2. The largest absolute Gasteiger partial charge is 0.493 e. The normalized spacial score (nSPS) is 17.4. The van der Waals surface area contributed by atoms with Crippen LogP contribution in [0.3, 0.4) is 0 Å². The number of ether oxygens (including phenoxy) is 2. The number of thiophene rings is 1. The average Bonchev–Trinajstić information content (AvgIpc) is 3.63. The van der Waals surface area contributed by atoms with E-state index in [9.17, 15) is 4.79 Å². The van der Waals surface area contributed by atoms with Gasteiger partial charge in [-0.3, -0.25) is 4.79 Å². The number of rotatable bonds is 9. The highest BCUT2D eigenvalue weighted by Crippen LogP contribution is 2.44. The number of benzene rings is 1. The molecule has 0 saturated heterocycles. The summed E-state index contributed by atoms with van der Waals surface area (Å²) in [6.07, 6.45) is 6.52. The molecule has 1 N–H and O–H groups in total. The van der Waals surface area contributed by atoms with Gasteiger partial charge < -0.3 is 14.8 Å². The minimum Gasteiger partial charge on any atom is -0.493 e. The van der Waals surface area contributed by atoms with Crippen molar-refractivity contribution in [3.63, 3.8) is 0 Å². The fourth-order valence-electron chi connectivity index (χ4n) is 4.52. The number of hydrogen-bond donors (Lipinski definition) is 1. The Labute approximate surface area is 208 Å². The monoisotopic (exact) mass is 497 g/mol. The highest BCUT2D eigenvalue weighted by Gasteiger charge is 2.30. The Morgan fingerprint density at radius 3 is 2.76 bits per heavy atom. The third-order valence-corrected chi connectivity index (χ3v) is 8.73. The first kappa shape index (κ1) is 23.4. The fourth-order valence-corrected chi connectivity index (χ4v) is 6.87. The average molecular weight is 498 g/mol. The Kier molecular flexibility index (Phi) is 6.97.